The first-order valence-electron chi connectivity index (χ1n) is 18.7. The van der Waals surface area contributed by atoms with Gasteiger partial charge in [0.15, 0.2) is 17.5 Å². The lowest BCUT2D eigenvalue weighted by Crippen LogP contribution is -2.48. The molecule has 0 amide bonds. The summed E-state index contributed by atoms with van der Waals surface area (Å²) in [4.78, 5) is 15.5. The molecule has 0 saturated heterocycles. The third kappa shape index (κ3) is 5.31. The van der Waals surface area contributed by atoms with Gasteiger partial charge in [0.05, 0.1) is 11.6 Å². The molecule has 7 aromatic rings. The summed E-state index contributed by atoms with van der Waals surface area (Å²) in [7, 11) is 0. The van der Waals surface area contributed by atoms with E-state index < -0.39 is 0 Å². The van der Waals surface area contributed by atoms with Crippen LogP contribution in [0.15, 0.2) is 140 Å². The number of rotatable bonds is 6. The van der Waals surface area contributed by atoms with Crippen molar-refractivity contribution in [1.82, 2.24) is 15.0 Å². The maximum Gasteiger partial charge on any atom is 0.164 e. The van der Waals surface area contributed by atoms with Gasteiger partial charge in [-0.1, -0.05) is 121 Å². The first-order chi connectivity index (χ1) is 25.6. The molecule has 11 rings (SSSR count). The Morgan fingerprint density at radius 1 is 0.462 bits per heavy atom. The van der Waals surface area contributed by atoms with Crippen LogP contribution >= 0.6 is 0 Å². The first kappa shape index (κ1) is 30.9. The van der Waals surface area contributed by atoms with Gasteiger partial charge in [-0.15, -0.1) is 0 Å². The number of benzene rings is 6. The summed E-state index contributed by atoms with van der Waals surface area (Å²) in [5.41, 5.74) is 9.79. The molecule has 0 radical (unpaired) electrons. The standard InChI is InChI=1S/C48H38N4/c49-30-31-9-8-12-37(26-31)40-21-22-44(42-15-6-5-14-41(40)42)47-51-45(36-10-2-1-3-11-36)50-46(52-47)43-16-7-4-13-39(43)35-17-19-38(20-18-35)48-27-32-23-33(28-48)25-34(24-32)29-48/h1-22,26,32-34H,23-25,27-29H2/t32-,33+,34-,48?. The number of aromatic nitrogens is 3. The highest BCUT2D eigenvalue weighted by molar-refractivity contribution is 6.04. The predicted octanol–water partition coefficient (Wildman–Crippen LogP) is 11.7. The minimum absolute atomic E-state index is 0.372. The van der Waals surface area contributed by atoms with E-state index in [0.717, 1.165) is 61.9 Å². The quantitative estimate of drug-likeness (QED) is 0.177. The van der Waals surface area contributed by atoms with Crippen LogP contribution < -0.4 is 0 Å². The van der Waals surface area contributed by atoms with Crippen LogP contribution in [0, 0.1) is 29.1 Å². The molecule has 4 nitrogen and oxygen atoms in total. The van der Waals surface area contributed by atoms with Crippen molar-refractivity contribution in [3.63, 3.8) is 0 Å². The average molecular weight is 671 g/mol. The Balaban J connectivity index is 1.09. The van der Waals surface area contributed by atoms with Gasteiger partial charge in [0.1, 0.15) is 0 Å². The van der Waals surface area contributed by atoms with Crippen LogP contribution in [0.5, 0.6) is 0 Å². The van der Waals surface area contributed by atoms with E-state index in [1.54, 1.807) is 0 Å². The highest BCUT2D eigenvalue weighted by Gasteiger charge is 2.51. The number of hydrogen-bond donors (Lipinski definition) is 0. The fourth-order valence-electron chi connectivity index (χ4n) is 10.2. The molecule has 1 heterocycles. The number of hydrogen-bond acceptors (Lipinski definition) is 4. The Hall–Kier alpha value is -5.92. The lowest BCUT2D eigenvalue weighted by Gasteiger charge is -2.57. The van der Waals surface area contributed by atoms with Crippen LogP contribution in [-0.4, -0.2) is 15.0 Å². The van der Waals surface area contributed by atoms with Gasteiger partial charge in [0.25, 0.3) is 0 Å². The van der Waals surface area contributed by atoms with Crippen LogP contribution in [0.4, 0.5) is 0 Å². The number of nitriles is 1. The van der Waals surface area contributed by atoms with Crippen molar-refractivity contribution in [2.24, 2.45) is 17.8 Å². The fourth-order valence-corrected chi connectivity index (χ4v) is 10.2. The van der Waals surface area contributed by atoms with Crippen LogP contribution in [0.1, 0.15) is 49.7 Å². The largest absolute Gasteiger partial charge is 0.208 e. The summed E-state index contributed by atoms with van der Waals surface area (Å²) in [5.74, 6) is 4.69. The van der Waals surface area contributed by atoms with E-state index in [4.69, 9.17) is 15.0 Å². The van der Waals surface area contributed by atoms with Crippen molar-refractivity contribution in [1.29, 1.82) is 5.26 Å². The van der Waals surface area contributed by atoms with Gasteiger partial charge in [-0.25, -0.2) is 15.0 Å². The molecular weight excluding hydrogens is 633 g/mol. The summed E-state index contributed by atoms with van der Waals surface area (Å²) in [6.07, 6.45) is 8.48. The molecule has 0 aliphatic heterocycles. The summed E-state index contributed by atoms with van der Waals surface area (Å²) in [5, 5.41) is 11.7. The molecule has 4 aliphatic carbocycles. The van der Waals surface area contributed by atoms with E-state index in [1.807, 2.05) is 36.4 Å². The molecule has 52 heavy (non-hydrogen) atoms. The van der Waals surface area contributed by atoms with E-state index in [0.29, 0.717) is 28.5 Å². The molecule has 6 aromatic carbocycles. The molecule has 4 saturated carbocycles. The van der Waals surface area contributed by atoms with Gasteiger partial charge in [-0.3, -0.25) is 0 Å². The summed E-state index contributed by atoms with van der Waals surface area (Å²) >= 11 is 0. The van der Waals surface area contributed by atoms with Gasteiger partial charge < -0.3 is 0 Å². The highest BCUT2D eigenvalue weighted by Crippen LogP contribution is 2.60. The molecule has 0 atom stereocenters. The van der Waals surface area contributed by atoms with Crippen molar-refractivity contribution in [3.8, 4) is 62.5 Å². The van der Waals surface area contributed by atoms with Crippen molar-refractivity contribution in [2.75, 3.05) is 0 Å². The Kier molecular flexibility index (Phi) is 7.35. The second kappa shape index (κ2) is 12.4. The third-order valence-corrected chi connectivity index (χ3v) is 12.1. The third-order valence-electron chi connectivity index (χ3n) is 12.1. The van der Waals surface area contributed by atoms with Gasteiger partial charge >= 0.3 is 0 Å². The van der Waals surface area contributed by atoms with Gasteiger partial charge in [0, 0.05) is 16.7 Å². The Bertz CT molecular complexity index is 2480. The Morgan fingerprint density at radius 3 is 1.71 bits per heavy atom. The summed E-state index contributed by atoms with van der Waals surface area (Å²) in [6, 6.07) is 50.9. The molecular formula is C48H38N4. The minimum atomic E-state index is 0.372. The normalized spacial score (nSPS) is 21.6. The Morgan fingerprint density at radius 2 is 1.02 bits per heavy atom. The smallest absolute Gasteiger partial charge is 0.164 e. The number of fused-ring (bicyclic) bond motifs is 1. The molecule has 250 valence electrons. The molecule has 1 aromatic heterocycles. The van der Waals surface area contributed by atoms with E-state index >= 15 is 0 Å². The molecule has 0 unspecified atom stereocenters. The highest BCUT2D eigenvalue weighted by atomic mass is 15.0. The van der Waals surface area contributed by atoms with Crippen LogP contribution in [0.3, 0.4) is 0 Å². The van der Waals surface area contributed by atoms with E-state index in [-0.39, 0.29) is 0 Å². The fraction of sp³-hybridized carbons (Fsp3) is 0.208. The van der Waals surface area contributed by atoms with Crippen molar-refractivity contribution >= 4 is 10.8 Å². The van der Waals surface area contributed by atoms with E-state index in [1.165, 1.54) is 49.7 Å². The topological polar surface area (TPSA) is 62.5 Å². The SMILES string of the molecule is N#Cc1cccc(-c2ccc(-c3nc(-c4ccccc4)nc(-c4ccccc4-c4ccc(C56C[C@H]7C[C@@H](C5)C[C@@H](C6)C7)cc4)n3)c3ccccc23)c1. The second-order valence-electron chi connectivity index (χ2n) is 15.4. The van der Waals surface area contributed by atoms with Crippen LogP contribution in [0.2, 0.25) is 0 Å². The predicted molar refractivity (Wildman–Crippen MR) is 209 cm³/mol. The Labute approximate surface area is 304 Å². The summed E-state index contributed by atoms with van der Waals surface area (Å²) < 4.78 is 0. The zero-order chi connectivity index (χ0) is 34.6. The minimum Gasteiger partial charge on any atom is -0.208 e. The van der Waals surface area contributed by atoms with Crippen LogP contribution in [-0.2, 0) is 5.41 Å². The molecule has 0 spiro atoms. The lowest BCUT2D eigenvalue weighted by molar-refractivity contribution is -0.00518. The van der Waals surface area contributed by atoms with Crippen molar-refractivity contribution in [3.05, 3.63) is 151 Å². The van der Waals surface area contributed by atoms with E-state index in [9.17, 15) is 5.26 Å². The maximum absolute atomic E-state index is 9.58. The zero-order valence-corrected chi connectivity index (χ0v) is 29.0. The average Bonchev–Trinajstić information content (AvgIpc) is 3.20. The zero-order valence-electron chi connectivity index (χ0n) is 29.0. The van der Waals surface area contributed by atoms with Gasteiger partial charge in [-0.05, 0) is 118 Å². The van der Waals surface area contributed by atoms with E-state index in [2.05, 4.69) is 109 Å². The summed E-state index contributed by atoms with van der Waals surface area (Å²) in [6.45, 7) is 0. The van der Waals surface area contributed by atoms with Gasteiger partial charge in [-0.2, -0.15) is 5.26 Å². The molecule has 0 N–H and O–H groups in total. The molecule has 4 aliphatic rings. The lowest BCUT2D eigenvalue weighted by atomic mass is 9.48. The maximum atomic E-state index is 9.58. The first-order valence-corrected chi connectivity index (χ1v) is 18.7. The van der Waals surface area contributed by atoms with Crippen molar-refractivity contribution < 1.29 is 0 Å². The van der Waals surface area contributed by atoms with Crippen LogP contribution in [0.25, 0.3) is 67.2 Å². The molecule has 4 bridgehead atoms. The van der Waals surface area contributed by atoms with Crippen molar-refractivity contribution in [2.45, 2.75) is 43.9 Å². The molecule has 4 heteroatoms. The second-order valence-corrected chi connectivity index (χ2v) is 15.4. The van der Waals surface area contributed by atoms with Gasteiger partial charge in [0.2, 0.25) is 0 Å². The monoisotopic (exact) mass is 670 g/mol. The molecule has 4 fully saturated rings. The number of nitrogens with zero attached hydrogens (tertiary/aromatic N) is 4.